The second kappa shape index (κ2) is 6.30. The third-order valence-electron chi connectivity index (χ3n) is 5.45. The van der Waals surface area contributed by atoms with Gasteiger partial charge in [0.05, 0.1) is 11.0 Å². The van der Waals surface area contributed by atoms with Gasteiger partial charge in [0.2, 0.25) is 0 Å². The van der Waals surface area contributed by atoms with Crippen molar-refractivity contribution in [2.75, 3.05) is 6.61 Å². The van der Waals surface area contributed by atoms with Crippen LogP contribution in [0, 0.1) is 0 Å². The molecule has 1 aromatic heterocycles. The number of nitrogens with zero attached hydrogens (tertiary/aromatic N) is 1. The summed E-state index contributed by atoms with van der Waals surface area (Å²) < 4.78 is 26.1. The summed E-state index contributed by atoms with van der Waals surface area (Å²) in [4.78, 5) is 11.3. The molecule has 0 bridgehead atoms. The number of rotatable bonds is 3. The van der Waals surface area contributed by atoms with Crippen molar-refractivity contribution < 1.29 is 23.7 Å². The van der Waals surface area contributed by atoms with Crippen molar-refractivity contribution in [2.45, 2.75) is 51.1 Å². The number of para-hydroxylation sites is 2. The molecule has 0 aliphatic carbocycles. The van der Waals surface area contributed by atoms with Crippen molar-refractivity contribution >= 4 is 27.8 Å². The quantitative estimate of drug-likeness (QED) is 0.647. The molecule has 5 rings (SSSR count). The summed E-state index contributed by atoms with van der Waals surface area (Å²) in [6.07, 6.45) is -1.37. The summed E-state index contributed by atoms with van der Waals surface area (Å²) in [6, 6.07) is 16.5. The Bertz CT molecular complexity index is 1000. The Morgan fingerprint density at radius 1 is 1.00 bits per heavy atom. The van der Waals surface area contributed by atoms with Crippen molar-refractivity contribution in [1.29, 1.82) is 0 Å². The lowest BCUT2D eigenvalue weighted by atomic mass is 10.1. The third-order valence-corrected chi connectivity index (χ3v) is 5.45. The molecule has 0 amide bonds. The van der Waals surface area contributed by atoms with Crippen LogP contribution in [0.4, 0.5) is 0 Å². The number of ether oxygens (including phenoxy) is 4. The molecule has 0 radical (unpaired) electrons. The molecule has 6 nitrogen and oxygen atoms in total. The molecule has 3 heterocycles. The van der Waals surface area contributed by atoms with E-state index in [1.807, 2.05) is 38.1 Å². The molecule has 0 unspecified atom stereocenters. The van der Waals surface area contributed by atoms with Crippen LogP contribution in [-0.2, 0) is 23.7 Å². The molecule has 2 saturated heterocycles. The van der Waals surface area contributed by atoms with Crippen molar-refractivity contribution in [2.24, 2.45) is 0 Å². The van der Waals surface area contributed by atoms with Crippen LogP contribution in [0.3, 0.4) is 0 Å². The first-order valence-electron chi connectivity index (χ1n) is 9.57. The second-order valence-corrected chi connectivity index (χ2v) is 7.84. The van der Waals surface area contributed by atoms with Crippen LogP contribution in [-0.4, -0.2) is 41.2 Å². The summed E-state index contributed by atoms with van der Waals surface area (Å²) in [6.45, 7) is 5.34. The summed E-state index contributed by atoms with van der Waals surface area (Å²) in [5, 5.41) is 2.33. The van der Waals surface area contributed by atoms with E-state index < -0.39 is 5.79 Å². The van der Waals surface area contributed by atoms with Crippen LogP contribution in [0.5, 0.6) is 0 Å². The molecular formula is C22H23NO5. The Morgan fingerprint density at radius 3 is 2.18 bits per heavy atom. The number of esters is 1. The highest BCUT2D eigenvalue weighted by Gasteiger charge is 2.56. The Morgan fingerprint density at radius 2 is 1.57 bits per heavy atom. The van der Waals surface area contributed by atoms with Gasteiger partial charge in [-0.2, -0.15) is 0 Å². The molecule has 0 N–H and O–H groups in total. The van der Waals surface area contributed by atoms with Gasteiger partial charge in [-0.25, -0.2) is 0 Å². The monoisotopic (exact) mass is 381 g/mol. The molecule has 2 aromatic carbocycles. The van der Waals surface area contributed by atoms with Crippen molar-refractivity contribution in [3.8, 4) is 0 Å². The summed E-state index contributed by atoms with van der Waals surface area (Å²) >= 11 is 0. The molecule has 146 valence electrons. The smallest absolute Gasteiger partial charge is 0.302 e. The number of benzene rings is 2. The second-order valence-electron chi connectivity index (χ2n) is 7.84. The van der Waals surface area contributed by atoms with Gasteiger partial charge < -0.3 is 23.5 Å². The Balaban J connectivity index is 1.63. The minimum Gasteiger partial charge on any atom is -0.463 e. The lowest BCUT2D eigenvalue weighted by Gasteiger charge is -2.25. The van der Waals surface area contributed by atoms with E-state index >= 15 is 0 Å². The molecule has 28 heavy (non-hydrogen) atoms. The minimum absolute atomic E-state index is 0.142. The van der Waals surface area contributed by atoms with Crippen molar-refractivity contribution in [3.05, 3.63) is 48.5 Å². The van der Waals surface area contributed by atoms with Crippen molar-refractivity contribution in [1.82, 2.24) is 4.57 Å². The molecule has 0 saturated carbocycles. The topological polar surface area (TPSA) is 58.9 Å². The largest absolute Gasteiger partial charge is 0.463 e. The number of hydrogen-bond donors (Lipinski definition) is 0. The maximum atomic E-state index is 11.3. The van der Waals surface area contributed by atoms with Gasteiger partial charge in [-0.3, -0.25) is 4.79 Å². The van der Waals surface area contributed by atoms with Crippen LogP contribution in [0.25, 0.3) is 21.8 Å². The van der Waals surface area contributed by atoms with Gasteiger partial charge in [-0.1, -0.05) is 36.4 Å². The third kappa shape index (κ3) is 2.71. The fourth-order valence-corrected chi connectivity index (χ4v) is 4.43. The lowest BCUT2D eigenvalue weighted by molar-refractivity contribution is -0.201. The average Bonchev–Trinajstić information content (AvgIpc) is 3.27. The number of fused-ring (bicyclic) bond motifs is 4. The number of aromatic nitrogens is 1. The molecule has 0 spiro atoms. The zero-order valence-electron chi connectivity index (χ0n) is 16.1. The first kappa shape index (κ1) is 17.7. The van der Waals surface area contributed by atoms with E-state index in [1.165, 1.54) is 17.7 Å². The maximum absolute atomic E-state index is 11.3. The first-order valence-corrected chi connectivity index (χ1v) is 9.57. The van der Waals surface area contributed by atoms with Gasteiger partial charge in [-0.15, -0.1) is 0 Å². The fraction of sp³-hybridized carbons (Fsp3) is 0.409. The normalized spacial score (nSPS) is 28.7. The van der Waals surface area contributed by atoms with E-state index in [4.69, 9.17) is 18.9 Å². The lowest BCUT2D eigenvalue weighted by Crippen LogP contribution is -2.33. The van der Waals surface area contributed by atoms with Gasteiger partial charge >= 0.3 is 5.97 Å². The number of carbonyl (C=O) groups excluding carboxylic acids is 1. The molecule has 2 fully saturated rings. The van der Waals surface area contributed by atoms with Crippen molar-refractivity contribution in [3.63, 3.8) is 0 Å². The van der Waals surface area contributed by atoms with Gasteiger partial charge in [-0.05, 0) is 26.0 Å². The van der Waals surface area contributed by atoms with E-state index in [-0.39, 0.29) is 37.1 Å². The Labute approximate surface area is 162 Å². The zero-order valence-corrected chi connectivity index (χ0v) is 16.1. The maximum Gasteiger partial charge on any atom is 0.302 e. The van der Waals surface area contributed by atoms with Gasteiger partial charge in [0.15, 0.2) is 12.0 Å². The van der Waals surface area contributed by atoms with E-state index in [9.17, 15) is 4.79 Å². The highest BCUT2D eigenvalue weighted by atomic mass is 16.8. The van der Waals surface area contributed by atoms with Crippen LogP contribution < -0.4 is 0 Å². The SMILES string of the molecule is CC(=O)OC[C@H]1O[C@@H](n2c3ccccc3c3ccccc32)[C@@H]2OC(C)(C)O[C@@H]21. The summed E-state index contributed by atoms with van der Waals surface area (Å²) in [5.41, 5.74) is 2.16. The molecule has 2 aliphatic heterocycles. The Kier molecular flexibility index (Phi) is 3.98. The summed E-state index contributed by atoms with van der Waals surface area (Å²) in [5.74, 6) is -1.05. The first-order chi connectivity index (χ1) is 13.4. The average molecular weight is 381 g/mol. The van der Waals surface area contributed by atoms with Crippen LogP contribution >= 0.6 is 0 Å². The molecule has 3 aromatic rings. The standard InChI is InChI=1S/C22H23NO5/c1-13(24)25-12-18-19-20(28-22(2,3)27-19)21(26-18)23-16-10-6-4-8-14(16)15-9-5-7-11-17(15)23/h4-11,18-21H,12H2,1-3H3/t18-,19-,20-,21-/m1/s1. The number of hydrogen-bond acceptors (Lipinski definition) is 5. The summed E-state index contributed by atoms with van der Waals surface area (Å²) in [7, 11) is 0. The highest BCUT2D eigenvalue weighted by Crippen LogP contribution is 2.45. The fourth-order valence-electron chi connectivity index (χ4n) is 4.43. The van der Waals surface area contributed by atoms with Gasteiger partial charge in [0.1, 0.15) is 24.9 Å². The zero-order chi connectivity index (χ0) is 19.5. The van der Waals surface area contributed by atoms with Crippen LogP contribution in [0.15, 0.2) is 48.5 Å². The molecule has 6 heteroatoms. The van der Waals surface area contributed by atoms with Crippen LogP contribution in [0.2, 0.25) is 0 Å². The Hall–Kier alpha value is -2.41. The van der Waals surface area contributed by atoms with E-state index in [2.05, 4.69) is 28.8 Å². The molecular weight excluding hydrogens is 358 g/mol. The van der Waals surface area contributed by atoms with Gasteiger partial charge in [0.25, 0.3) is 0 Å². The molecule has 4 atom stereocenters. The minimum atomic E-state index is -0.718. The number of carbonyl (C=O) groups is 1. The van der Waals surface area contributed by atoms with E-state index in [0.717, 1.165) is 11.0 Å². The predicted molar refractivity (Wildman–Crippen MR) is 104 cm³/mol. The van der Waals surface area contributed by atoms with E-state index in [1.54, 1.807) is 0 Å². The van der Waals surface area contributed by atoms with Gasteiger partial charge in [0, 0.05) is 17.7 Å². The van der Waals surface area contributed by atoms with Crippen LogP contribution in [0.1, 0.15) is 27.0 Å². The predicted octanol–water partition coefficient (Wildman–Crippen LogP) is 3.78. The molecule has 2 aliphatic rings. The highest BCUT2D eigenvalue weighted by molar-refractivity contribution is 6.08. The van der Waals surface area contributed by atoms with E-state index in [0.29, 0.717) is 0 Å².